The van der Waals surface area contributed by atoms with E-state index in [1.165, 1.54) is 12.1 Å². The van der Waals surface area contributed by atoms with Gasteiger partial charge in [-0.15, -0.1) is 0 Å². The van der Waals surface area contributed by atoms with Gasteiger partial charge in [0.2, 0.25) is 10.0 Å². The molecule has 0 bridgehead atoms. The summed E-state index contributed by atoms with van der Waals surface area (Å²) in [5, 5.41) is 2.76. The Hall–Kier alpha value is -1.94. The SMILES string of the molecule is Cc1cc(Br)cc(C)c1OC(C)C(=O)Nc1ccc(S(=O)(=O)NCC2CCCO2)cc1. The van der Waals surface area contributed by atoms with Crippen LogP contribution in [0.25, 0.3) is 0 Å². The third kappa shape index (κ3) is 6.29. The van der Waals surface area contributed by atoms with Gasteiger partial charge in [-0.05, 0) is 81.1 Å². The summed E-state index contributed by atoms with van der Waals surface area (Å²) in [4.78, 5) is 12.7. The largest absolute Gasteiger partial charge is 0.480 e. The molecule has 2 N–H and O–H groups in total. The molecule has 0 radical (unpaired) electrons. The first-order valence-electron chi connectivity index (χ1n) is 10.1. The lowest BCUT2D eigenvalue weighted by Gasteiger charge is -2.18. The maximum Gasteiger partial charge on any atom is 0.265 e. The molecular formula is C22H27BrN2O5S. The number of aryl methyl sites for hydroxylation is 2. The number of amides is 1. The zero-order valence-electron chi connectivity index (χ0n) is 17.8. The molecule has 1 amide bonds. The molecule has 1 fully saturated rings. The van der Waals surface area contributed by atoms with Crippen molar-refractivity contribution in [2.75, 3.05) is 18.5 Å². The molecule has 0 aliphatic carbocycles. The van der Waals surface area contributed by atoms with Crippen molar-refractivity contribution < 1.29 is 22.7 Å². The molecule has 0 spiro atoms. The Morgan fingerprint density at radius 3 is 2.45 bits per heavy atom. The third-order valence-corrected chi connectivity index (χ3v) is 6.94. The Balaban J connectivity index is 1.59. The summed E-state index contributed by atoms with van der Waals surface area (Å²) < 4.78 is 39.7. The first-order valence-corrected chi connectivity index (χ1v) is 12.4. The van der Waals surface area contributed by atoms with Crippen molar-refractivity contribution in [1.82, 2.24) is 4.72 Å². The molecule has 168 valence electrons. The summed E-state index contributed by atoms with van der Waals surface area (Å²) in [6, 6.07) is 9.89. The van der Waals surface area contributed by atoms with Gasteiger partial charge in [0, 0.05) is 23.3 Å². The molecule has 7 nitrogen and oxygen atoms in total. The minimum atomic E-state index is -3.63. The lowest BCUT2D eigenvalue weighted by molar-refractivity contribution is -0.122. The van der Waals surface area contributed by atoms with Gasteiger partial charge in [0.25, 0.3) is 5.91 Å². The number of carbonyl (C=O) groups excluding carboxylic acids is 1. The first-order chi connectivity index (χ1) is 14.7. The number of sulfonamides is 1. The molecule has 2 atom stereocenters. The van der Waals surface area contributed by atoms with Crippen LogP contribution in [0.3, 0.4) is 0 Å². The van der Waals surface area contributed by atoms with Gasteiger partial charge < -0.3 is 14.8 Å². The number of hydrogen-bond donors (Lipinski definition) is 2. The number of benzene rings is 2. The van der Waals surface area contributed by atoms with E-state index < -0.39 is 16.1 Å². The fraction of sp³-hybridized carbons (Fsp3) is 0.409. The van der Waals surface area contributed by atoms with Gasteiger partial charge in [0.05, 0.1) is 11.0 Å². The third-order valence-electron chi connectivity index (χ3n) is 5.05. The van der Waals surface area contributed by atoms with Crippen molar-refractivity contribution in [3.05, 3.63) is 52.0 Å². The van der Waals surface area contributed by atoms with E-state index in [1.807, 2.05) is 26.0 Å². The summed E-state index contributed by atoms with van der Waals surface area (Å²) in [7, 11) is -3.63. The summed E-state index contributed by atoms with van der Waals surface area (Å²) in [5.74, 6) is 0.346. The van der Waals surface area contributed by atoms with E-state index in [-0.39, 0.29) is 23.5 Å². The van der Waals surface area contributed by atoms with Gasteiger partial charge in [0.1, 0.15) is 5.75 Å². The highest BCUT2D eigenvalue weighted by molar-refractivity contribution is 9.10. The summed E-state index contributed by atoms with van der Waals surface area (Å²) in [6.45, 7) is 6.44. The molecule has 31 heavy (non-hydrogen) atoms. The van der Waals surface area contributed by atoms with E-state index in [9.17, 15) is 13.2 Å². The predicted octanol–water partition coefficient (Wildman–Crippen LogP) is 3.93. The quantitative estimate of drug-likeness (QED) is 0.561. The molecule has 1 aliphatic rings. The van der Waals surface area contributed by atoms with Crippen LogP contribution in [0.15, 0.2) is 45.8 Å². The van der Waals surface area contributed by atoms with Crippen LogP contribution in [0, 0.1) is 13.8 Å². The average molecular weight is 511 g/mol. The smallest absolute Gasteiger partial charge is 0.265 e. The van der Waals surface area contributed by atoms with Crippen molar-refractivity contribution in [3.63, 3.8) is 0 Å². The normalized spacial score (nSPS) is 17.4. The molecule has 1 saturated heterocycles. The van der Waals surface area contributed by atoms with Gasteiger partial charge in [-0.1, -0.05) is 15.9 Å². The Kier molecular flexibility index (Phi) is 7.74. The van der Waals surface area contributed by atoms with Crippen molar-refractivity contribution in [1.29, 1.82) is 0 Å². The fourth-order valence-corrected chi connectivity index (χ4v) is 5.12. The summed E-state index contributed by atoms with van der Waals surface area (Å²) >= 11 is 3.44. The van der Waals surface area contributed by atoms with Gasteiger partial charge >= 0.3 is 0 Å². The fourth-order valence-electron chi connectivity index (χ4n) is 3.37. The minimum absolute atomic E-state index is 0.0761. The molecule has 9 heteroatoms. The number of carbonyl (C=O) groups is 1. The molecule has 2 aromatic carbocycles. The number of hydrogen-bond acceptors (Lipinski definition) is 5. The van der Waals surface area contributed by atoms with Gasteiger partial charge in [-0.25, -0.2) is 13.1 Å². The van der Waals surface area contributed by atoms with Crippen molar-refractivity contribution in [2.24, 2.45) is 0 Å². The van der Waals surface area contributed by atoms with Crippen LogP contribution in [0.2, 0.25) is 0 Å². The molecule has 3 rings (SSSR count). The van der Waals surface area contributed by atoms with Crippen LogP contribution in [0.5, 0.6) is 5.75 Å². The molecule has 2 aromatic rings. The number of halogens is 1. The van der Waals surface area contributed by atoms with Gasteiger partial charge in [-0.2, -0.15) is 0 Å². The lowest BCUT2D eigenvalue weighted by atomic mass is 10.1. The number of rotatable bonds is 8. The maximum absolute atomic E-state index is 12.5. The Bertz CT molecular complexity index is 1010. The van der Waals surface area contributed by atoms with Crippen molar-refractivity contribution in [3.8, 4) is 5.75 Å². The summed E-state index contributed by atoms with van der Waals surface area (Å²) in [6.07, 6.45) is 1.000. The van der Waals surface area contributed by atoms with E-state index in [1.54, 1.807) is 19.1 Å². The first kappa shape index (κ1) is 23.7. The lowest BCUT2D eigenvalue weighted by Crippen LogP contribution is -2.32. The van der Waals surface area contributed by atoms with Crippen LogP contribution in [0.1, 0.15) is 30.9 Å². The maximum atomic E-state index is 12.5. The molecule has 1 aliphatic heterocycles. The Morgan fingerprint density at radius 2 is 1.87 bits per heavy atom. The van der Waals surface area contributed by atoms with Crippen LogP contribution in [0.4, 0.5) is 5.69 Å². The number of nitrogens with one attached hydrogen (secondary N) is 2. The highest BCUT2D eigenvalue weighted by Crippen LogP contribution is 2.28. The Labute approximate surface area is 191 Å². The Morgan fingerprint density at radius 1 is 1.23 bits per heavy atom. The molecular weight excluding hydrogens is 484 g/mol. The van der Waals surface area contributed by atoms with Crippen LogP contribution in [-0.2, 0) is 19.6 Å². The number of ether oxygens (including phenoxy) is 2. The molecule has 1 heterocycles. The second kappa shape index (κ2) is 10.1. The van der Waals surface area contributed by atoms with E-state index in [4.69, 9.17) is 9.47 Å². The molecule has 0 saturated carbocycles. The highest BCUT2D eigenvalue weighted by Gasteiger charge is 2.21. The van der Waals surface area contributed by atoms with Crippen LogP contribution >= 0.6 is 15.9 Å². The van der Waals surface area contributed by atoms with Crippen LogP contribution < -0.4 is 14.8 Å². The number of anilines is 1. The van der Waals surface area contributed by atoms with Crippen LogP contribution in [-0.4, -0.2) is 39.7 Å². The van der Waals surface area contributed by atoms with E-state index in [2.05, 4.69) is 26.0 Å². The van der Waals surface area contributed by atoms with Gasteiger partial charge in [0.15, 0.2) is 6.10 Å². The highest BCUT2D eigenvalue weighted by atomic mass is 79.9. The van der Waals surface area contributed by atoms with E-state index in [0.717, 1.165) is 28.4 Å². The minimum Gasteiger partial charge on any atom is -0.480 e. The second-order valence-electron chi connectivity index (χ2n) is 7.63. The monoisotopic (exact) mass is 510 g/mol. The van der Waals surface area contributed by atoms with Crippen molar-refractivity contribution in [2.45, 2.75) is 50.7 Å². The topological polar surface area (TPSA) is 93.7 Å². The standard InChI is InChI=1S/C22H27BrN2O5S/c1-14-11-17(23)12-15(2)21(14)30-16(3)22(26)25-18-6-8-20(9-7-18)31(27,28)24-13-19-5-4-10-29-19/h6-9,11-12,16,19,24H,4-5,10,13H2,1-3H3,(H,25,26). The zero-order valence-corrected chi connectivity index (χ0v) is 20.2. The second-order valence-corrected chi connectivity index (χ2v) is 10.3. The summed E-state index contributed by atoms with van der Waals surface area (Å²) in [5.41, 5.74) is 2.34. The van der Waals surface area contributed by atoms with Crippen molar-refractivity contribution >= 4 is 37.5 Å². The van der Waals surface area contributed by atoms with E-state index >= 15 is 0 Å². The molecule has 0 aromatic heterocycles. The molecule has 2 unspecified atom stereocenters. The zero-order chi connectivity index (χ0) is 22.6. The van der Waals surface area contributed by atoms with E-state index in [0.29, 0.717) is 18.0 Å². The predicted molar refractivity (Wildman–Crippen MR) is 123 cm³/mol. The average Bonchev–Trinajstić information content (AvgIpc) is 3.23. The van der Waals surface area contributed by atoms with Gasteiger partial charge in [-0.3, -0.25) is 4.79 Å².